The smallest absolute Gasteiger partial charge is 0.246 e. The average Bonchev–Trinajstić information content (AvgIpc) is 2.35. The van der Waals surface area contributed by atoms with Crippen molar-refractivity contribution in [3.05, 3.63) is 33.2 Å². The molecule has 0 aromatic carbocycles. The minimum Gasteiger partial charge on any atom is -0.381 e. The van der Waals surface area contributed by atoms with E-state index in [1.54, 1.807) is 0 Å². The first kappa shape index (κ1) is 14.4. The molecule has 0 aromatic heterocycles. The summed E-state index contributed by atoms with van der Waals surface area (Å²) in [7, 11) is 0. The molecule has 9 heteroatoms. The van der Waals surface area contributed by atoms with Crippen molar-refractivity contribution in [3.63, 3.8) is 0 Å². The monoisotopic (exact) mass is 258 g/mol. The fourth-order valence-corrected chi connectivity index (χ4v) is 1.67. The molecular weight excluding hydrogens is 244 g/mol. The molecule has 100 valence electrons. The average molecular weight is 258 g/mol. The molecule has 0 saturated carbocycles. The van der Waals surface area contributed by atoms with Crippen LogP contribution in [0.25, 0.3) is 10.4 Å². The van der Waals surface area contributed by atoms with Crippen LogP contribution in [-0.2, 0) is 9.47 Å². The standard InChI is InChI=1S/C9H14N4O5/c1-2-3-17-9-8(14)7(13(15)16)4-6(18-9)5-11-12-10/h2,6-9,14H,1,3-5H2/t6-,7-,8+,9+/m0/s1. The van der Waals surface area contributed by atoms with E-state index < -0.39 is 29.5 Å². The maximum atomic E-state index is 10.8. The summed E-state index contributed by atoms with van der Waals surface area (Å²) in [6.07, 6.45) is -1.71. The number of nitrogens with zero attached hydrogens (tertiary/aromatic N) is 4. The van der Waals surface area contributed by atoms with Gasteiger partial charge in [0.25, 0.3) is 0 Å². The summed E-state index contributed by atoms with van der Waals surface area (Å²) in [6.45, 7) is 3.49. The fraction of sp³-hybridized carbons (Fsp3) is 0.778. The lowest BCUT2D eigenvalue weighted by atomic mass is 10.0. The zero-order valence-electron chi connectivity index (χ0n) is 9.58. The van der Waals surface area contributed by atoms with Gasteiger partial charge in [0, 0.05) is 16.3 Å². The molecule has 0 radical (unpaired) electrons. The molecule has 0 amide bonds. The lowest BCUT2D eigenvalue weighted by Crippen LogP contribution is -2.53. The van der Waals surface area contributed by atoms with E-state index in [-0.39, 0.29) is 19.6 Å². The van der Waals surface area contributed by atoms with Gasteiger partial charge in [0.2, 0.25) is 6.04 Å². The highest BCUT2D eigenvalue weighted by atomic mass is 16.7. The van der Waals surface area contributed by atoms with Gasteiger partial charge in [-0.05, 0) is 5.53 Å². The van der Waals surface area contributed by atoms with Crippen LogP contribution >= 0.6 is 0 Å². The van der Waals surface area contributed by atoms with Gasteiger partial charge in [0.15, 0.2) is 12.4 Å². The van der Waals surface area contributed by atoms with E-state index in [9.17, 15) is 15.2 Å². The Kier molecular flexibility index (Phi) is 5.53. The van der Waals surface area contributed by atoms with Gasteiger partial charge >= 0.3 is 0 Å². The summed E-state index contributed by atoms with van der Waals surface area (Å²) in [6, 6.07) is -1.20. The summed E-state index contributed by atoms with van der Waals surface area (Å²) < 4.78 is 10.4. The van der Waals surface area contributed by atoms with Crippen molar-refractivity contribution in [3.8, 4) is 0 Å². The Bertz CT molecular complexity index is 357. The lowest BCUT2D eigenvalue weighted by molar-refractivity contribution is -0.551. The molecular formula is C9H14N4O5. The molecule has 0 aliphatic carbocycles. The Labute approximate surface area is 103 Å². The third-order valence-corrected chi connectivity index (χ3v) is 2.50. The Morgan fingerprint density at radius 3 is 3.06 bits per heavy atom. The maximum absolute atomic E-state index is 10.8. The second kappa shape index (κ2) is 6.92. The van der Waals surface area contributed by atoms with Crippen molar-refractivity contribution < 1.29 is 19.5 Å². The van der Waals surface area contributed by atoms with Crippen molar-refractivity contribution in [1.82, 2.24) is 0 Å². The van der Waals surface area contributed by atoms with Gasteiger partial charge < -0.3 is 14.6 Å². The van der Waals surface area contributed by atoms with E-state index in [2.05, 4.69) is 16.6 Å². The molecule has 1 fully saturated rings. The Balaban J connectivity index is 2.72. The Hall–Kier alpha value is -1.67. The molecule has 9 nitrogen and oxygen atoms in total. The van der Waals surface area contributed by atoms with Gasteiger partial charge in [0.05, 0.1) is 19.3 Å². The number of hydrogen-bond donors (Lipinski definition) is 1. The Morgan fingerprint density at radius 1 is 1.78 bits per heavy atom. The number of aliphatic hydroxyl groups excluding tert-OH is 1. The third-order valence-electron chi connectivity index (χ3n) is 2.50. The largest absolute Gasteiger partial charge is 0.381 e. The van der Waals surface area contributed by atoms with Gasteiger partial charge in [-0.1, -0.05) is 11.2 Å². The fourth-order valence-electron chi connectivity index (χ4n) is 1.67. The van der Waals surface area contributed by atoms with Crippen LogP contribution in [0, 0.1) is 10.1 Å². The predicted octanol–water partition coefficient (Wildman–Crippen LogP) is 0.620. The van der Waals surface area contributed by atoms with Crippen molar-refractivity contribution >= 4 is 0 Å². The number of ether oxygens (including phenoxy) is 2. The van der Waals surface area contributed by atoms with Crippen molar-refractivity contribution in [2.45, 2.75) is 31.0 Å². The zero-order valence-corrected chi connectivity index (χ0v) is 9.58. The number of rotatable bonds is 6. The molecule has 1 rings (SSSR count). The number of aliphatic hydroxyl groups is 1. The Morgan fingerprint density at radius 2 is 2.50 bits per heavy atom. The lowest BCUT2D eigenvalue weighted by Gasteiger charge is -2.34. The highest BCUT2D eigenvalue weighted by Crippen LogP contribution is 2.23. The predicted molar refractivity (Wildman–Crippen MR) is 60.2 cm³/mol. The van der Waals surface area contributed by atoms with Crippen molar-refractivity contribution in [1.29, 1.82) is 0 Å². The van der Waals surface area contributed by atoms with Crippen LogP contribution in [-0.4, -0.2) is 47.7 Å². The van der Waals surface area contributed by atoms with Gasteiger partial charge in [-0.25, -0.2) is 0 Å². The molecule has 0 spiro atoms. The molecule has 1 heterocycles. The molecule has 4 atom stereocenters. The van der Waals surface area contributed by atoms with E-state index in [1.807, 2.05) is 0 Å². The molecule has 1 aliphatic heterocycles. The van der Waals surface area contributed by atoms with Gasteiger partial charge in [-0.2, -0.15) is 0 Å². The third kappa shape index (κ3) is 3.67. The van der Waals surface area contributed by atoms with Gasteiger partial charge in [0.1, 0.15) is 0 Å². The van der Waals surface area contributed by atoms with Gasteiger partial charge in [-0.15, -0.1) is 6.58 Å². The summed E-state index contributed by atoms with van der Waals surface area (Å²) in [5, 5.41) is 23.9. The molecule has 1 saturated heterocycles. The second-order valence-electron chi connectivity index (χ2n) is 3.74. The number of hydrogen-bond acceptors (Lipinski definition) is 6. The van der Waals surface area contributed by atoms with E-state index in [4.69, 9.17) is 15.0 Å². The zero-order chi connectivity index (χ0) is 13.5. The molecule has 18 heavy (non-hydrogen) atoms. The number of azide groups is 1. The van der Waals surface area contributed by atoms with Crippen molar-refractivity contribution in [2.24, 2.45) is 5.11 Å². The van der Waals surface area contributed by atoms with Crippen LogP contribution in [0.2, 0.25) is 0 Å². The van der Waals surface area contributed by atoms with E-state index in [1.165, 1.54) is 6.08 Å². The number of nitro groups is 1. The van der Waals surface area contributed by atoms with Gasteiger partial charge in [-0.3, -0.25) is 10.1 Å². The summed E-state index contributed by atoms with van der Waals surface area (Å²) in [5.41, 5.74) is 8.21. The van der Waals surface area contributed by atoms with Crippen LogP contribution in [0.3, 0.4) is 0 Å². The quantitative estimate of drug-likeness (QED) is 0.186. The SMILES string of the molecule is C=CCO[C@@H]1O[C@H](CN=[N+]=[N-])C[C@H]([N+](=O)[O-])[C@H]1O. The first-order valence-corrected chi connectivity index (χ1v) is 5.30. The topological polar surface area (TPSA) is 131 Å². The molecule has 1 aliphatic rings. The minimum absolute atomic E-state index is 0.0267. The second-order valence-corrected chi connectivity index (χ2v) is 3.74. The van der Waals surface area contributed by atoms with Crippen LogP contribution in [0.5, 0.6) is 0 Å². The van der Waals surface area contributed by atoms with E-state index in [0.29, 0.717) is 0 Å². The van der Waals surface area contributed by atoms with Crippen molar-refractivity contribution in [2.75, 3.05) is 13.2 Å². The first-order chi connectivity index (χ1) is 8.60. The van der Waals surface area contributed by atoms with Crippen LogP contribution < -0.4 is 0 Å². The first-order valence-electron chi connectivity index (χ1n) is 5.30. The molecule has 1 N–H and O–H groups in total. The van der Waals surface area contributed by atoms with Crippen LogP contribution in [0.15, 0.2) is 17.8 Å². The molecule has 0 aromatic rings. The maximum Gasteiger partial charge on any atom is 0.246 e. The van der Waals surface area contributed by atoms with E-state index >= 15 is 0 Å². The summed E-state index contributed by atoms with van der Waals surface area (Å²) in [5.74, 6) is 0. The van der Waals surface area contributed by atoms with Crippen LogP contribution in [0.1, 0.15) is 6.42 Å². The molecule has 0 unspecified atom stereocenters. The summed E-state index contributed by atoms with van der Waals surface area (Å²) in [4.78, 5) is 12.8. The molecule has 0 bridgehead atoms. The van der Waals surface area contributed by atoms with Crippen LogP contribution in [0.4, 0.5) is 0 Å². The minimum atomic E-state index is -1.36. The summed E-state index contributed by atoms with van der Waals surface area (Å²) >= 11 is 0. The normalized spacial score (nSPS) is 31.4. The highest BCUT2D eigenvalue weighted by Gasteiger charge is 2.44. The highest BCUT2D eigenvalue weighted by molar-refractivity contribution is 4.83. The van der Waals surface area contributed by atoms with E-state index in [0.717, 1.165) is 0 Å².